The quantitative estimate of drug-likeness (QED) is 0.839. The minimum Gasteiger partial charge on any atom is -0.481 e. The van der Waals surface area contributed by atoms with Crippen LogP contribution in [0.4, 0.5) is 0 Å². The fourth-order valence-corrected chi connectivity index (χ4v) is 3.32. The Morgan fingerprint density at radius 2 is 2.24 bits per heavy atom. The zero-order valence-electron chi connectivity index (χ0n) is 9.78. The molecule has 4 nitrogen and oxygen atoms in total. The number of ether oxygens (including phenoxy) is 1. The molecule has 0 aliphatic heterocycles. The van der Waals surface area contributed by atoms with Crippen LogP contribution in [0.2, 0.25) is 0 Å². The van der Waals surface area contributed by atoms with Crippen molar-refractivity contribution in [2.45, 2.75) is 26.7 Å². The highest BCUT2D eigenvalue weighted by molar-refractivity contribution is 7.14. The molecular formula is C12H14O4S. The van der Waals surface area contributed by atoms with Crippen LogP contribution < -0.4 is 0 Å². The molecule has 1 atom stereocenters. The Hall–Kier alpha value is -1.36. The molecule has 1 unspecified atom stereocenters. The standard InChI is InChI=1S/C12H14O4S/c1-3-16-10(13)8-4-7-5-12(2,11(14)15)6-9(7)17-8/h4H,3,5-6H2,1-2H3,(H,14,15). The minimum atomic E-state index is -0.779. The van der Waals surface area contributed by atoms with Crippen molar-refractivity contribution in [3.05, 3.63) is 21.4 Å². The van der Waals surface area contributed by atoms with Crippen LogP contribution in [0.5, 0.6) is 0 Å². The number of esters is 1. The maximum atomic E-state index is 11.5. The number of hydrogen-bond acceptors (Lipinski definition) is 4. The summed E-state index contributed by atoms with van der Waals surface area (Å²) >= 11 is 1.35. The third-order valence-electron chi connectivity index (χ3n) is 3.02. The van der Waals surface area contributed by atoms with Gasteiger partial charge >= 0.3 is 11.9 Å². The summed E-state index contributed by atoms with van der Waals surface area (Å²) in [5, 5.41) is 9.14. The van der Waals surface area contributed by atoms with E-state index in [-0.39, 0.29) is 5.97 Å². The van der Waals surface area contributed by atoms with Crippen LogP contribution in [0.25, 0.3) is 0 Å². The summed E-state index contributed by atoms with van der Waals surface area (Å²) in [6.07, 6.45) is 0.995. The highest BCUT2D eigenvalue weighted by Gasteiger charge is 2.41. The molecule has 1 heterocycles. The summed E-state index contributed by atoms with van der Waals surface area (Å²) in [6.45, 7) is 3.86. The predicted molar refractivity (Wildman–Crippen MR) is 63.4 cm³/mol. The molecule has 0 saturated heterocycles. The van der Waals surface area contributed by atoms with Crippen LogP contribution in [0.1, 0.15) is 34.0 Å². The van der Waals surface area contributed by atoms with E-state index in [0.29, 0.717) is 24.3 Å². The van der Waals surface area contributed by atoms with Gasteiger partial charge in [-0.25, -0.2) is 4.79 Å². The number of carbonyl (C=O) groups is 2. The predicted octanol–water partition coefficient (Wildman–Crippen LogP) is 2.11. The fourth-order valence-electron chi connectivity index (χ4n) is 2.06. The van der Waals surface area contributed by atoms with Crippen LogP contribution in [-0.2, 0) is 22.4 Å². The van der Waals surface area contributed by atoms with Crippen molar-refractivity contribution in [2.24, 2.45) is 5.41 Å². The van der Waals surface area contributed by atoms with E-state index in [1.165, 1.54) is 11.3 Å². The largest absolute Gasteiger partial charge is 0.481 e. The topological polar surface area (TPSA) is 63.6 Å². The first-order chi connectivity index (χ1) is 7.96. The summed E-state index contributed by atoms with van der Waals surface area (Å²) in [5.41, 5.74) is 0.261. The molecule has 17 heavy (non-hydrogen) atoms. The van der Waals surface area contributed by atoms with Crippen LogP contribution in [0, 0.1) is 5.41 Å². The van der Waals surface area contributed by atoms with Gasteiger partial charge in [0.25, 0.3) is 0 Å². The number of rotatable bonds is 3. The lowest BCUT2D eigenvalue weighted by molar-refractivity contribution is -0.147. The number of aliphatic carboxylic acids is 1. The van der Waals surface area contributed by atoms with E-state index in [1.54, 1.807) is 19.9 Å². The zero-order valence-corrected chi connectivity index (χ0v) is 10.6. The maximum Gasteiger partial charge on any atom is 0.348 e. The highest BCUT2D eigenvalue weighted by Crippen LogP contribution is 2.41. The Balaban J connectivity index is 2.19. The van der Waals surface area contributed by atoms with Crippen molar-refractivity contribution < 1.29 is 19.4 Å². The molecule has 0 amide bonds. The molecule has 0 saturated carbocycles. The maximum absolute atomic E-state index is 11.5. The van der Waals surface area contributed by atoms with Gasteiger partial charge in [0.05, 0.1) is 12.0 Å². The summed E-state index contributed by atoms with van der Waals surface area (Å²) in [4.78, 5) is 24.2. The SMILES string of the molecule is CCOC(=O)c1cc2c(s1)CC(C)(C(=O)O)C2. The van der Waals surface area contributed by atoms with Crippen LogP contribution in [0.15, 0.2) is 6.07 Å². The van der Waals surface area contributed by atoms with Crippen molar-refractivity contribution >= 4 is 23.3 Å². The number of thiophene rings is 1. The molecule has 92 valence electrons. The summed E-state index contributed by atoms with van der Waals surface area (Å²) < 4.78 is 4.92. The molecular weight excluding hydrogens is 240 g/mol. The molecule has 0 spiro atoms. The van der Waals surface area contributed by atoms with Gasteiger partial charge in [-0.3, -0.25) is 4.79 Å². The van der Waals surface area contributed by atoms with Gasteiger partial charge in [-0.2, -0.15) is 0 Å². The van der Waals surface area contributed by atoms with Gasteiger partial charge in [-0.05, 0) is 38.3 Å². The Morgan fingerprint density at radius 3 is 2.76 bits per heavy atom. The van der Waals surface area contributed by atoms with E-state index in [1.807, 2.05) is 0 Å². The van der Waals surface area contributed by atoms with Crippen LogP contribution in [0.3, 0.4) is 0 Å². The molecule has 1 aromatic rings. The smallest absolute Gasteiger partial charge is 0.348 e. The number of fused-ring (bicyclic) bond motifs is 1. The second-order valence-corrected chi connectivity index (χ2v) is 5.64. The normalized spacial score (nSPS) is 22.2. The number of carbonyl (C=O) groups excluding carboxylic acids is 1. The van der Waals surface area contributed by atoms with E-state index >= 15 is 0 Å². The first-order valence-electron chi connectivity index (χ1n) is 5.48. The number of hydrogen-bond donors (Lipinski definition) is 1. The first kappa shape index (κ1) is 12.1. The molecule has 1 aliphatic carbocycles. The monoisotopic (exact) mass is 254 g/mol. The lowest BCUT2D eigenvalue weighted by Gasteiger charge is -2.16. The molecule has 5 heteroatoms. The molecule has 0 aromatic carbocycles. The number of carboxylic acids is 1. The van der Waals surface area contributed by atoms with Gasteiger partial charge < -0.3 is 9.84 Å². The van der Waals surface area contributed by atoms with Crippen molar-refractivity contribution in [3.63, 3.8) is 0 Å². The van der Waals surface area contributed by atoms with Crippen molar-refractivity contribution in [2.75, 3.05) is 6.61 Å². The molecule has 1 aliphatic rings. The van der Waals surface area contributed by atoms with E-state index in [2.05, 4.69) is 0 Å². The average molecular weight is 254 g/mol. The molecule has 1 aromatic heterocycles. The Labute approximate surface area is 103 Å². The molecule has 1 N–H and O–H groups in total. The molecule has 0 radical (unpaired) electrons. The third-order valence-corrected chi connectivity index (χ3v) is 4.18. The van der Waals surface area contributed by atoms with Crippen molar-refractivity contribution in [1.29, 1.82) is 0 Å². The van der Waals surface area contributed by atoms with E-state index < -0.39 is 11.4 Å². The average Bonchev–Trinajstić information content (AvgIpc) is 2.73. The van der Waals surface area contributed by atoms with Crippen LogP contribution in [-0.4, -0.2) is 23.7 Å². The lowest BCUT2D eigenvalue weighted by Crippen LogP contribution is -2.27. The van der Waals surface area contributed by atoms with Gasteiger partial charge in [-0.1, -0.05) is 0 Å². The Kier molecular flexibility index (Phi) is 2.95. The van der Waals surface area contributed by atoms with Crippen molar-refractivity contribution in [1.82, 2.24) is 0 Å². The van der Waals surface area contributed by atoms with E-state index in [0.717, 1.165) is 10.4 Å². The van der Waals surface area contributed by atoms with E-state index in [4.69, 9.17) is 9.84 Å². The summed E-state index contributed by atoms with van der Waals surface area (Å²) in [5.74, 6) is -1.09. The molecule has 2 rings (SSSR count). The minimum absolute atomic E-state index is 0.316. The van der Waals surface area contributed by atoms with Crippen LogP contribution >= 0.6 is 11.3 Å². The summed E-state index contributed by atoms with van der Waals surface area (Å²) in [6, 6.07) is 1.77. The van der Waals surface area contributed by atoms with Gasteiger partial charge in [0.2, 0.25) is 0 Å². The highest BCUT2D eigenvalue weighted by atomic mass is 32.1. The molecule has 0 fully saturated rings. The Morgan fingerprint density at radius 1 is 1.53 bits per heavy atom. The lowest BCUT2D eigenvalue weighted by atomic mass is 9.88. The molecule has 0 bridgehead atoms. The number of carboxylic acid groups (broad SMARTS) is 1. The van der Waals surface area contributed by atoms with Gasteiger partial charge in [0, 0.05) is 4.88 Å². The second kappa shape index (κ2) is 4.14. The van der Waals surface area contributed by atoms with Gasteiger partial charge in [0.15, 0.2) is 0 Å². The summed E-state index contributed by atoms with van der Waals surface area (Å²) in [7, 11) is 0. The van der Waals surface area contributed by atoms with Crippen molar-refractivity contribution in [3.8, 4) is 0 Å². The van der Waals surface area contributed by atoms with Gasteiger partial charge in [0.1, 0.15) is 4.88 Å². The van der Waals surface area contributed by atoms with Gasteiger partial charge in [-0.15, -0.1) is 11.3 Å². The fraction of sp³-hybridized carbons (Fsp3) is 0.500. The second-order valence-electron chi connectivity index (χ2n) is 4.50. The first-order valence-corrected chi connectivity index (χ1v) is 6.30. The third kappa shape index (κ3) is 2.07. The Bertz CT molecular complexity index is 451. The zero-order chi connectivity index (χ0) is 12.6. The van der Waals surface area contributed by atoms with E-state index in [9.17, 15) is 9.59 Å².